The average molecular weight is 171 g/mol. The maximum absolute atomic E-state index is 3.85. The van der Waals surface area contributed by atoms with E-state index in [-0.39, 0.29) is 0 Å². The smallest absolute Gasteiger partial charge is 0.00470 e. The number of thioether (sulfide) groups is 1. The van der Waals surface area contributed by atoms with Gasteiger partial charge in [-0.25, -0.2) is 0 Å². The van der Waals surface area contributed by atoms with Crippen molar-refractivity contribution in [3.05, 3.63) is 6.92 Å². The lowest BCUT2D eigenvalue weighted by molar-refractivity contribution is 0.516. The summed E-state index contributed by atoms with van der Waals surface area (Å²) in [5.74, 6) is 1.34. The predicted octanol–water partition coefficient (Wildman–Crippen LogP) is 3.67. The molecule has 1 rings (SSSR count). The first-order valence-corrected chi connectivity index (χ1v) is 5.89. The molecule has 0 atom stereocenters. The fourth-order valence-electron chi connectivity index (χ4n) is 1.58. The van der Waals surface area contributed by atoms with E-state index in [2.05, 4.69) is 18.7 Å². The van der Waals surface area contributed by atoms with E-state index in [0.29, 0.717) is 0 Å². The molecule has 0 saturated heterocycles. The van der Waals surface area contributed by atoms with Crippen molar-refractivity contribution in [3.63, 3.8) is 0 Å². The molecule has 1 saturated carbocycles. The summed E-state index contributed by atoms with van der Waals surface area (Å²) in [5, 5.41) is 0.996. The van der Waals surface area contributed by atoms with E-state index in [1.54, 1.807) is 0 Å². The van der Waals surface area contributed by atoms with Crippen LogP contribution < -0.4 is 0 Å². The normalized spacial score (nSPS) is 20.5. The van der Waals surface area contributed by atoms with E-state index in [9.17, 15) is 0 Å². The van der Waals surface area contributed by atoms with Crippen molar-refractivity contribution in [2.75, 3.05) is 5.75 Å². The van der Waals surface area contributed by atoms with Gasteiger partial charge in [0, 0.05) is 5.25 Å². The van der Waals surface area contributed by atoms with Crippen molar-refractivity contribution in [1.29, 1.82) is 0 Å². The summed E-state index contributed by atoms with van der Waals surface area (Å²) in [4.78, 5) is 0. The molecule has 1 aliphatic carbocycles. The zero-order chi connectivity index (χ0) is 7.94. The van der Waals surface area contributed by atoms with E-state index < -0.39 is 0 Å². The first kappa shape index (κ1) is 9.44. The standard InChI is InChI=1S/C10H19S/c1-2-3-9-11-10-7-5-4-6-8-10/h10H,1-9H2. The summed E-state index contributed by atoms with van der Waals surface area (Å²) in [7, 11) is 0. The van der Waals surface area contributed by atoms with Crippen LogP contribution >= 0.6 is 11.8 Å². The largest absolute Gasteiger partial charge is 0.159 e. The molecule has 1 fully saturated rings. The fraction of sp³-hybridized carbons (Fsp3) is 0.900. The second-order valence-corrected chi connectivity index (χ2v) is 4.75. The Labute approximate surface area is 75.1 Å². The van der Waals surface area contributed by atoms with Gasteiger partial charge in [-0.15, -0.1) is 0 Å². The van der Waals surface area contributed by atoms with Crippen LogP contribution in [0.25, 0.3) is 0 Å². The van der Waals surface area contributed by atoms with Gasteiger partial charge in [-0.2, -0.15) is 11.8 Å². The van der Waals surface area contributed by atoms with Crippen LogP contribution in [0.2, 0.25) is 0 Å². The van der Waals surface area contributed by atoms with E-state index in [1.807, 2.05) is 0 Å². The summed E-state index contributed by atoms with van der Waals surface area (Å²) >= 11 is 2.18. The van der Waals surface area contributed by atoms with Gasteiger partial charge in [0.15, 0.2) is 0 Å². The van der Waals surface area contributed by atoms with Crippen LogP contribution in [-0.2, 0) is 0 Å². The number of rotatable bonds is 4. The molecular weight excluding hydrogens is 152 g/mol. The molecule has 0 aromatic heterocycles. The van der Waals surface area contributed by atoms with E-state index >= 15 is 0 Å². The van der Waals surface area contributed by atoms with Crippen molar-refractivity contribution in [3.8, 4) is 0 Å². The molecule has 0 aromatic carbocycles. The molecule has 1 heteroatoms. The molecule has 1 aliphatic rings. The van der Waals surface area contributed by atoms with Gasteiger partial charge in [0.05, 0.1) is 0 Å². The molecule has 65 valence electrons. The van der Waals surface area contributed by atoms with Gasteiger partial charge in [-0.1, -0.05) is 32.6 Å². The SMILES string of the molecule is [CH2]CCCSC1CCCCC1. The highest BCUT2D eigenvalue weighted by Crippen LogP contribution is 2.28. The molecule has 1 radical (unpaired) electrons. The predicted molar refractivity (Wildman–Crippen MR) is 53.9 cm³/mol. The molecule has 0 heterocycles. The van der Waals surface area contributed by atoms with Crippen molar-refractivity contribution in [1.82, 2.24) is 0 Å². The number of hydrogen-bond acceptors (Lipinski definition) is 1. The summed E-state index contributed by atoms with van der Waals surface area (Å²) in [6, 6.07) is 0. The van der Waals surface area contributed by atoms with Gasteiger partial charge in [0.25, 0.3) is 0 Å². The highest BCUT2D eigenvalue weighted by molar-refractivity contribution is 7.99. The third-order valence-electron chi connectivity index (χ3n) is 2.30. The second-order valence-electron chi connectivity index (χ2n) is 3.34. The summed E-state index contributed by atoms with van der Waals surface area (Å²) in [6.45, 7) is 3.85. The van der Waals surface area contributed by atoms with Gasteiger partial charge in [-0.05, 0) is 25.0 Å². The Kier molecular flexibility index (Phi) is 5.09. The molecule has 0 aliphatic heterocycles. The van der Waals surface area contributed by atoms with Crippen molar-refractivity contribution in [2.45, 2.75) is 50.2 Å². The van der Waals surface area contributed by atoms with Crippen LogP contribution in [0.15, 0.2) is 0 Å². The van der Waals surface area contributed by atoms with Crippen molar-refractivity contribution < 1.29 is 0 Å². The highest BCUT2D eigenvalue weighted by atomic mass is 32.2. The zero-order valence-corrected chi connectivity index (χ0v) is 8.17. The maximum atomic E-state index is 3.85. The molecule has 0 aromatic rings. The third-order valence-corrected chi connectivity index (χ3v) is 3.77. The van der Waals surface area contributed by atoms with E-state index in [0.717, 1.165) is 11.7 Å². The fourth-order valence-corrected chi connectivity index (χ4v) is 2.95. The Morgan fingerprint density at radius 3 is 2.55 bits per heavy atom. The molecule has 11 heavy (non-hydrogen) atoms. The molecule has 0 bridgehead atoms. The van der Waals surface area contributed by atoms with Crippen molar-refractivity contribution in [2.24, 2.45) is 0 Å². The minimum absolute atomic E-state index is 0.996. The highest BCUT2D eigenvalue weighted by Gasteiger charge is 2.12. The zero-order valence-electron chi connectivity index (χ0n) is 7.35. The third kappa shape index (κ3) is 4.05. The van der Waals surface area contributed by atoms with Crippen LogP contribution in [0.4, 0.5) is 0 Å². The number of hydrogen-bond donors (Lipinski definition) is 0. The summed E-state index contributed by atoms with van der Waals surface area (Å²) in [5.41, 5.74) is 0. The molecule has 0 amide bonds. The molecule has 0 spiro atoms. The Morgan fingerprint density at radius 1 is 1.18 bits per heavy atom. The van der Waals surface area contributed by atoms with Gasteiger partial charge >= 0.3 is 0 Å². The van der Waals surface area contributed by atoms with Gasteiger partial charge in [-0.3, -0.25) is 0 Å². The average Bonchev–Trinajstić information content (AvgIpc) is 2.07. The van der Waals surface area contributed by atoms with Gasteiger partial charge < -0.3 is 0 Å². The van der Waals surface area contributed by atoms with Crippen LogP contribution in [-0.4, -0.2) is 11.0 Å². The lowest BCUT2D eigenvalue weighted by Gasteiger charge is -2.20. The lowest BCUT2D eigenvalue weighted by Crippen LogP contribution is -2.08. The molecular formula is C10H19S. The molecule has 0 nitrogen and oxygen atoms in total. The van der Waals surface area contributed by atoms with Crippen LogP contribution in [0, 0.1) is 6.92 Å². The van der Waals surface area contributed by atoms with Gasteiger partial charge in [0.1, 0.15) is 0 Å². The first-order chi connectivity index (χ1) is 5.43. The molecule has 0 unspecified atom stereocenters. The van der Waals surface area contributed by atoms with Crippen LogP contribution in [0.1, 0.15) is 44.9 Å². The Hall–Kier alpha value is 0.350. The summed E-state index contributed by atoms with van der Waals surface area (Å²) < 4.78 is 0. The minimum atomic E-state index is 0.996. The quantitative estimate of drug-likeness (QED) is 0.582. The van der Waals surface area contributed by atoms with Gasteiger partial charge in [0.2, 0.25) is 0 Å². The number of unbranched alkanes of at least 4 members (excludes halogenated alkanes) is 1. The Balaban J connectivity index is 1.96. The van der Waals surface area contributed by atoms with E-state index in [4.69, 9.17) is 0 Å². The minimum Gasteiger partial charge on any atom is -0.159 e. The molecule has 0 N–H and O–H groups in total. The topological polar surface area (TPSA) is 0 Å². The maximum Gasteiger partial charge on any atom is 0.00470 e. The second kappa shape index (κ2) is 5.93. The van der Waals surface area contributed by atoms with Crippen molar-refractivity contribution >= 4 is 11.8 Å². The van der Waals surface area contributed by atoms with Crippen LogP contribution in [0.3, 0.4) is 0 Å². The Morgan fingerprint density at radius 2 is 1.91 bits per heavy atom. The lowest BCUT2D eigenvalue weighted by atomic mass is 10.0. The summed E-state index contributed by atoms with van der Waals surface area (Å²) in [6.07, 6.45) is 9.79. The monoisotopic (exact) mass is 171 g/mol. The first-order valence-electron chi connectivity index (χ1n) is 4.84. The van der Waals surface area contributed by atoms with E-state index in [1.165, 1.54) is 44.3 Å². The van der Waals surface area contributed by atoms with Crippen LogP contribution in [0.5, 0.6) is 0 Å². The Bertz CT molecular complexity index is 84.9.